The van der Waals surface area contributed by atoms with Crippen LogP contribution in [0, 0.1) is 35.5 Å². The van der Waals surface area contributed by atoms with Gasteiger partial charge in [-0.05, 0) is 68.6 Å². The molecule has 0 N–H and O–H groups in total. The summed E-state index contributed by atoms with van der Waals surface area (Å²) in [4.78, 5) is 30.4. The summed E-state index contributed by atoms with van der Waals surface area (Å²) in [7, 11) is 0. The molecule has 0 aromatic carbocycles. The van der Waals surface area contributed by atoms with E-state index in [9.17, 15) is 9.59 Å². The Morgan fingerprint density at radius 3 is 1.89 bits per heavy atom. The van der Waals surface area contributed by atoms with E-state index in [2.05, 4.69) is 9.80 Å². The van der Waals surface area contributed by atoms with E-state index in [1.165, 1.54) is 57.8 Å². The minimum Gasteiger partial charge on any atom is -0.339 e. The van der Waals surface area contributed by atoms with E-state index in [4.69, 9.17) is 0 Å². The third kappa shape index (κ3) is 3.39. The summed E-state index contributed by atoms with van der Waals surface area (Å²) in [5, 5.41) is 0. The fourth-order valence-corrected chi connectivity index (χ4v) is 7.75. The molecule has 0 bridgehead atoms. The molecular weight excluding hydrogens is 348 g/mol. The molecule has 0 aromatic rings. The van der Waals surface area contributed by atoms with Crippen LogP contribution in [0.15, 0.2) is 0 Å². The Hall–Kier alpha value is -1.06. The average Bonchev–Trinajstić information content (AvgIpc) is 3.19. The third-order valence-electron chi connectivity index (χ3n) is 9.14. The van der Waals surface area contributed by atoms with Gasteiger partial charge in [0.25, 0.3) is 0 Å². The van der Waals surface area contributed by atoms with Gasteiger partial charge >= 0.3 is 0 Å². The number of hydrogen-bond donors (Lipinski definition) is 0. The zero-order valence-corrected chi connectivity index (χ0v) is 17.5. The van der Waals surface area contributed by atoms with Crippen molar-refractivity contribution in [3.05, 3.63) is 0 Å². The average molecular weight is 387 g/mol. The summed E-state index contributed by atoms with van der Waals surface area (Å²) in [5.74, 6) is 4.69. The smallest absolute Gasteiger partial charge is 0.226 e. The van der Waals surface area contributed by atoms with Gasteiger partial charge < -0.3 is 9.80 Å². The van der Waals surface area contributed by atoms with Gasteiger partial charge in [0.2, 0.25) is 11.8 Å². The Labute approximate surface area is 170 Å². The van der Waals surface area contributed by atoms with Crippen molar-refractivity contribution in [2.45, 2.75) is 77.0 Å². The van der Waals surface area contributed by atoms with Crippen molar-refractivity contribution in [2.24, 2.45) is 35.5 Å². The molecule has 5 unspecified atom stereocenters. The lowest BCUT2D eigenvalue weighted by atomic mass is 9.60. The fraction of sp³-hybridized carbons (Fsp3) is 0.917. The summed E-state index contributed by atoms with van der Waals surface area (Å²) < 4.78 is 0. The standard InChI is InChI=1S/C24H38N2O2/c27-23(19-5-2-1-3-6-19)25-13-15-26(16-14-25)24(28)21-12-11-18-10-9-17-7-4-8-20(21)22(17)18/h17-22H,1-16H2. The van der Waals surface area contributed by atoms with Gasteiger partial charge in [0.05, 0.1) is 0 Å². The highest BCUT2D eigenvalue weighted by molar-refractivity contribution is 5.81. The molecule has 5 atom stereocenters. The third-order valence-corrected chi connectivity index (χ3v) is 9.14. The summed E-state index contributed by atoms with van der Waals surface area (Å²) in [6.07, 6.45) is 15.2. The maximum atomic E-state index is 13.4. The largest absolute Gasteiger partial charge is 0.339 e. The number of carbonyl (C=O) groups excluding carboxylic acids is 2. The highest BCUT2D eigenvalue weighted by Crippen LogP contribution is 2.56. The molecule has 1 saturated heterocycles. The van der Waals surface area contributed by atoms with Crippen LogP contribution < -0.4 is 0 Å². The van der Waals surface area contributed by atoms with Crippen molar-refractivity contribution < 1.29 is 9.59 Å². The van der Waals surface area contributed by atoms with Crippen LogP contribution in [-0.4, -0.2) is 47.8 Å². The first-order valence-electron chi connectivity index (χ1n) is 12.3. The Morgan fingerprint density at radius 1 is 0.571 bits per heavy atom. The van der Waals surface area contributed by atoms with Gasteiger partial charge in [-0.25, -0.2) is 0 Å². The Morgan fingerprint density at radius 2 is 1.18 bits per heavy atom. The highest BCUT2D eigenvalue weighted by atomic mass is 16.2. The number of hydrogen-bond acceptors (Lipinski definition) is 2. The minimum absolute atomic E-state index is 0.257. The normalized spacial score (nSPS) is 38.9. The molecule has 4 nitrogen and oxygen atoms in total. The van der Waals surface area contributed by atoms with Crippen molar-refractivity contribution in [3.8, 4) is 0 Å². The van der Waals surface area contributed by atoms with E-state index >= 15 is 0 Å². The summed E-state index contributed by atoms with van der Waals surface area (Å²) in [5.41, 5.74) is 0. The number of nitrogens with zero attached hydrogens (tertiary/aromatic N) is 2. The second kappa shape index (κ2) is 7.99. The first-order valence-corrected chi connectivity index (χ1v) is 12.3. The quantitative estimate of drug-likeness (QED) is 0.717. The van der Waals surface area contributed by atoms with Crippen LogP contribution in [0.25, 0.3) is 0 Å². The summed E-state index contributed by atoms with van der Waals surface area (Å²) in [6, 6.07) is 0. The Kier molecular flexibility index (Phi) is 5.40. The summed E-state index contributed by atoms with van der Waals surface area (Å²) >= 11 is 0. The summed E-state index contributed by atoms with van der Waals surface area (Å²) in [6.45, 7) is 3.04. The van der Waals surface area contributed by atoms with Crippen molar-refractivity contribution in [2.75, 3.05) is 26.2 Å². The zero-order chi connectivity index (χ0) is 19.1. The van der Waals surface area contributed by atoms with Crippen LogP contribution in [0.4, 0.5) is 0 Å². The van der Waals surface area contributed by atoms with Crippen LogP contribution in [0.3, 0.4) is 0 Å². The molecule has 5 aliphatic rings. The predicted molar refractivity (Wildman–Crippen MR) is 110 cm³/mol. The molecule has 1 heterocycles. The second-order valence-corrected chi connectivity index (χ2v) is 10.4. The second-order valence-electron chi connectivity index (χ2n) is 10.4. The van der Waals surface area contributed by atoms with Gasteiger partial charge in [-0.15, -0.1) is 0 Å². The molecule has 0 spiro atoms. The van der Waals surface area contributed by atoms with E-state index in [0.29, 0.717) is 17.7 Å². The van der Waals surface area contributed by atoms with Crippen LogP contribution in [0.2, 0.25) is 0 Å². The molecule has 4 heteroatoms. The molecule has 4 aliphatic carbocycles. The van der Waals surface area contributed by atoms with Gasteiger partial charge in [-0.3, -0.25) is 9.59 Å². The number of amides is 2. The van der Waals surface area contributed by atoms with Crippen molar-refractivity contribution in [3.63, 3.8) is 0 Å². The SMILES string of the molecule is O=C(C1CCCCC1)N1CCN(C(=O)C2CCC3CCC4CCCC2C43)CC1. The number of rotatable bonds is 2. The van der Waals surface area contributed by atoms with Crippen LogP contribution in [0.5, 0.6) is 0 Å². The molecule has 1 aliphatic heterocycles. The zero-order valence-electron chi connectivity index (χ0n) is 17.5. The molecule has 0 radical (unpaired) electrons. The predicted octanol–water partition coefficient (Wildman–Crippen LogP) is 4.09. The molecular formula is C24H38N2O2. The lowest BCUT2D eigenvalue weighted by molar-refractivity contribution is -0.148. The van der Waals surface area contributed by atoms with Gasteiger partial charge in [0.15, 0.2) is 0 Å². The lowest BCUT2D eigenvalue weighted by Crippen LogP contribution is -2.55. The van der Waals surface area contributed by atoms with Gasteiger partial charge in [0.1, 0.15) is 0 Å². The topological polar surface area (TPSA) is 40.6 Å². The highest BCUT2D eigenvalue weighted by Gasteiger charge is 2.50. The Bertz CT molecular complexity index is 585. The van der Waals surface area contributed by atoms with Crippen LogP contribution in [-0.2, 0) is 9.59 Å². The van der Waals surface area contributed by atoms with E-state index in [-0.39, 0.29) is 11.8 Å². The van der Waals surface area contributed by atoms with Gasteiger partial charge in [0, 0.05) is 38.0 Å². The lowest BCUT2D eigenvalue weighted by Gasteiger charge is -2.47. The molecule has 5 rings (SSSR count). The van der Waals surface area contributed by atoms with E-state index in [1.807, 2.05) is 0 Å². The molecule has 156 valence electrons. The van der Waals surface area contributed by atoms with E-state index < -0.39 is 0 Å². The maximum absolute atomic E-state index is 13.4. The molecule has 4 saturated carbocycles. The van der Waals surface area contributed by atoms with Gasteiger partial charge in [-0.1, -0.05) is 32.1 Å². The number of carbonyl (C=O) groups is 2. The van der Waals surface area contributed by atoms with Crippen molar-refractivity contribution >= 4 is 11.8 Å². The molecule has 5 fully saturated rings. The molecule has 28 heavy (non-hydrogen) atoms. The van der Waals surface area contributed by atoms with E-state index in [0.717, 1.165) is 63.2 Å². The molecule has 2 amide bonds. The van der Waals surface area contributed by atoms with Crippen LogP contribution >= 0.6 is 0 Å². The monoisotopic (exact) mass is 386 g/mol. The van der Waals surface area contributed by atoms with Crippen molar-refractivity contribution in [1.29, 1.82) is 0 Å². The molecule has 0 aromatic heterocycles. The maximum Gasteiger partial charge on any atom is 0.226 e. The van der Waals surface area contributed by atoms with Gasteiger partial charge in [-0.2, -0.15) is 0 Å². The van der Waals surface area contributed by atoms with Crippen molar-refractivity contribution in [1.82, 2.24) is 9.80 Å². The minimum atomic E-state index is 0.257. The van der Waals surface area contributed by atoms with E-state index in [1.54, 1.807) is 0 Å². The Balaban J connectivity index is 1.18. The fourth-order valence-electron chi connectivity index (χ4n) is 7.75. The first-order chi connectivity index (χ1) is 13.7. The first kappa shape index (κ1) is 18.9. The van der Waals surface area contributed by atoms with Crippen LogP contribution in [0.1, 0.15) is 77.0 Å². The number of piperazine rings is 1.